The smallest absolute Gasteiger partial charge is 0.274 e. The predicted octanol–water partition coefficient (Wildman–Crippen LogP) is 4.38. The molecule has 0 radical (unpaired) electrons. The number of rotatable bonds is 3. The average molecular weight is 359 g/mol. The molecule has 1 fully saturated rings. The second kappa shape index (κ2) is 7.83. The minimum Gasteiger partial charge on any atom is -0.341 e. The molecule has 1 aliphatic heterocycles. The van der Waals surface area contributed by atoms with Crippen molar-refractivity contribution in [1.82, 2.24) is 9.97 Å². The van der Waals surface area contributed by atoms with E-state index in [-0.39, 0.29) is 5.91 Å². The number of hydrogen-bond acceptors (Lipinski definition) is 4. The van der Waals surface area contributed by atoms with E-state index in [4.69, 9.17) is 11.6 Å². The summed E-state index contributed by atoms with van der Waals surface area (Å²) in [5, 5.41) is 3.42. The first-order valence-corrected chi connectivity index (χ1v) is 9.08. The molecule has 2 heterocycles. The Morgan fingerprint density at radius 3 is 2.56 bits per heavy atom. The quantitative estimate of drug-likeness (QED) is 0.884. The molecule has 5 nitrogen and oxygen atoms in total. The number of aromatic nitrogens is 2. The lowest BCUT2D eigenvalue weighted by atomic mass is 10.1. The van der Waals surface area contributed by atoms with Gasteiger partial charge in [0.15, 0.2) is 0 Å². The summed E-state index contributed by atoms with van der Waals surface area (Å²) < 4.78 is 0. The van der Waals surface area contributed by atoms with Gasteiger partial charge in [0.2, 0.25) is 5.95 Å². The Bertz CT molecular complexity index is 747. The molecule has 0 spiro atoms. The Morgan fingerprint density at radius 1 is 1.16 bits per heavy atom. The van der Waals surface area contributed by atoms with Gasteiger partial charge < -0.3 is 10.2 Å². The number of anilines is 2. The fraction of sp³-hybridized carbons (Fsp3) is 0.421. The van der Waals surface area contributed by atoms with Crippen LogP contribution in [0.4, 0.5) is 11.6 Å². The molecule has 0 unspecified atom stereocenters. The van der Waals surface area contributed by atoms with Crippen molar-refractivity contribution in [3.05, 3.63) is 46.2 Å². The Balaban J connectivity index is 1.80. The molecule has 0 saturated carbocycles. The van der Waals surface area contributed by atoms with Gasteiger partial charge in [-0.15, -0.1) is 0 Å². The standard InChI is InChI=1S/C19H23ClN4O/c1-13-11-14(2)17(15(20)12-13)23-18(25)16-7-8-21-19(22-16)24-9-5-3-4-6-10-24/h7-8,11-12H,3-6,9-10H2,1-2H3,(H,23,25). The second-order valence-corrected chi connectivity index (χ2v) is 6.94. The molecule has 0 aliphatic carbocycles. The van der Waals surface area contributed by atoms with E-state index >= 15 is 0 Å². The number of nitrogens with zero attached hydrogens (tertiary/aromatic N) is 3. The van der Waals surface area contributed by atoms with Gasteiger partial charge in [-0.05, 0) is 49.9 Å². The third kappa shape index (κ3) is 4.28. The number of halogens is 1. The maximum absolute atomic E-state index is 12.6. The van der Waals surface area contributed by atoms with E-state index in [0.717, 1.165) is 37.1 Å². The van der Waals surface area contributed by atoms with Crippen LogP contribution in [-0.4, -0.2) is 29.0 Å². The van der Waals surface area contributed by atoms with Crippen molar-refractivity contribution < 1.29 is 4.79 Å². The number of carbonyl (C=O) groups excluding carboxylic acids is 1. The first-order valence-electron chi connectivity index (χ1n) is 8.70. The van der Waals surface area contributed by atoms with Crippen LogP contribution in [-0.2, 0) is 0 Å². The lowest BCUT2D eigenvalue weighted by Crippen LogP contribution is -2.27. The Hall–Kier alpha value is -2.14. The summed E-state index contributed by atoms with van der Waals surface area (Å²) in [6.07, 6.45) is 6.39. The van der Waals surface area contributed by atoms with Gasteiger partial charge in [0.25, 0.3) is 5.91 Å². The number of nitrogens with one attached hydrogen (secondary N) is 1. The fourth-order valence-corrected chi connectivity index (χ4v) is 3.52. The zero-order chi connectivity index (χ0) is 17.8. The van der Waals surface area contributed by atoms with Crippen molar-refractivity contribution in [1.29, 1.82) is 0 Å². The van der Waals surface area contributed by atoms with Crippen LogP contribution in [0.5, 0.6) is 0 Å². The topological polar surface area (TPSA) is 58.1 Å². The molecule has 1 amide bonds. The Morgan fingerprint density at radius 2 is 1.88 bits per heavy atom. The van der Waals surface area contributed by atoms with Crippen molar-refractivity contribution in [2.24, 2.45) is 0 Å². The lowest BCUT2D eigenvalue weighted by molar-refractivity contribution is 0.102. The largest absolute Gasteiger partial charge is 0.341 e. The van der Waals surface area contributed by atoms with E-state index < -0.39 is 0 Å². The maximum Gasteiger partial charge on any atom is 0.274 e. The summed E-state index contributed by atoms with van der Waals surface area (Å²) in [7, 11) is 0. The molecule has 132 valence electrons. The van der Waals surface area contributed by atoms with Gasteiger partial charge in [-0.3, -0.25) is 4.79 Å². The summed E-state index contributed by atoms with van der Waals surface area (Å²) >= 11 is 6.28. The predicted molar refractivity (Wildman–Crippen MR) is 102 cm³/mol. The van der Waals surface area contributed by atoms with Crippen LogP contribution in [0.1, 0.15) is 47.3 Å². The Labute approximate surface area is 153 Å². The average Bonchev–Trinajstić information content (AvgIpc) is 2.87. The monoisotopic (exact) mass is 358 g/mol. The van der Waals surface area contributed by atoms with Crippen LogP contribution in [0, 0.1) is 13.8 Å². The van der Waals surface area contributed by atoms with Crippen molar-refractivity contribution in [3.63, 3.8) is 0 Å². The molecule has 1 aliphatic rings. The molecule has 6 heteroatoms. The maximum atomic E-state index is 12.6. The van der Waals surface area contributed by atoms with Crippen LogP contribution >= 0.6 is 11.6 Å². The highest BCUT2D eigenvalue weighted by Crippen LogP contribution is 2.27. The van der Waals surface area contributed by atoms with Crippen LogP contribution < -0.4 is 10.2 Å². The lowest BCUT2D eigenvalue weighted by Gasteiger charge is -2.20. The third-order valence-electron chi connectivity index (χ3n) is 4.43. The SMILES string of the molecule is Cc1cc(C)c(NC(=O)c2ccnc(N3CCCCCC3)n2)c(Cl)c1. The highest BCUT2D eigenvalue weighted by Gasteiger charge is 2.16. The van der Waals surface area contributed by atoms with Gasteiger partial charge in [-0.2, -0.15) is 0 Å². The summed E-state index contributed by atoms with van der Waals surface area (Å²) in [4.78, 5) is 23.6. The zero-order valence-corrected chi connectivity index (χ0v) is 15.4. The highest BCUT2D eigenvalue weighted by molar-refractivity contribution is 6.34. The first kappa shape index (κ1) is 17.7. The van der Waals surface area contributed by atoms with E-state index in [0.29, 0.717) is 22.4 Å². The number of carbonyl (C=O) groups is 1. The Kier molecular flexibility index (Phi) is 5.53. The molecule has 25 heavy (non-hydrogen) atoms. The molecule has 1 saturated heterocycles. The van der Waals surface area contributed by atoms with Gasteiger partial charge in [0.05, 0.1) is 10.7 Å². The van der Waals surface area contributed by atoms with E-state index in [1.165, 1.54) is 12.8 Å². The minimum atomic E-state index is -0.271. The normalized spacial score (nSPS) is 14.9. The van der Waals surface area contributed by atoms with E-state index in [2.05, 4.69) is 20.2 Å². The third-order valence-corrected chi connectivity index (χ3v) is 4.73. The van der Waals surface area contributed by atoms with Crippen LogP contribution in [0.3, 0.4) is 0 Å². The number of aryl methyl sites for hydroxylation is 2. The van der Waals surface area contributed by atoms with Crippen molar-refractivity contribution >= 4 is 29.1 Å². The van der Waals surface area contributed by atoms with Gasteiger partial charge >= 0.3 is 0 Å². The van der Waals surface area contributed by atoms with Crippen LogP contribution in [0.25, 0.3) is 0 Å². The molecule has 3 rings (SSSR count). The summed E-state index contributed by atoms with van der Waals surface area (Å²) in [6, 6.07) is 5.46. The highest BCUT2D eigenvalue weighted by atomic mass is 35.5. The molecule has 0 bridgehead atoms. The molecule has 0 atom stereocenters. The number of hydrogen-bond donors (Lipinski definition) is 1. The van der Waals surface area contributed by atoms with Crippen molar-refractivity contribution in [2.45, 2.75) is 39.5 Å². The number of amides is 1. The molecule has 2 aromatic rings. The molecule has 1 aromatic heterocycles. The summed E-state index contributed by atoms with van der Waals surface area (Å²) in [5.41, 5.74) is 2.98. The van der Waals surface area contributed by atoms with Crippen molar-refractivity contribution in [3.8, 4) is 0 Å². The van der Waals surface area contributed by atoms with E-state index in [1.54, 1.807) is 12.3 Å². The molecule has 1 aromatic carbocycles. The van der Waals surface area contributed by atoms with E-state index in [9.17, 15) is 4.79 Å². The van der Waals surface area contributed by atoms with Gasteiger partial charge in [-0.1, -0.05) is 30.5 Å². The summed E-state index contributed by atoms with van der Waals surface area (Å²) in [5.74, 6) is 0.355. The molecule has 1 N–H and O–H groups in total. The van der Waals surface area contributed by atoms with Gasteiger partial charge in [0.1, 0.15) is 5.69 Å². The summed E-state index contributed by atoms with van der Waals surface area (Å²) in [6.45, 7) is 5.78. The number of benzene rings is 1. The first-order chi connectivity index (χ1) is 12.0. The minimum absolute atomic E-state index is 0.271. The van der Waals surface area contributed by atoms with Gasteiger partial charge in [-0.25, -0.2) is 9.97 Å². The van der Waals surface area contributed by atoms with Crippen molar-refractivity contribution in [2.75, 3.05) is 23.3 Å². The second-order valence-electron chi connectivity index (χ2n) is 6.54. The van der Waals surface area contributed by atoms with Crippen LogP contribution in [0.2, 0.25) is 5.02 Å². The molecular weight excluding hydrogens is 336 g/mol. The van der Waals surface area contributed by atoms with E-state index in [1.807, 2.05) is 26.0 Å². The zero-order valence-electron chi connectivity index (χ0n) is 14.7. The molecular formula is C19H23ClN4O. The van der Waals surface area contributed by atoms with Crippen LogP contribution in [0.15, 0.2) is 24.4 Å². The fourth-order valence-electron chi connectivity index (χ4n) is 3.15. The van der Waals surface area contributed by atoms with Gasteiger partial charge in [0, 0.05) is 19.3 Å².